The lowest BCUT2D eigenvalue weighted by Gasteiger charge is -2.04. The van der Waals surface area contributed by atoms with Crippen LogP contribution in [-0.2, 0) is 0 Å². The topological polar surface area (TPSA) is 61.3 Å². The van der Waals surface area contributed by atoms with E-state index in [1.54, 1.807) is 7.11 Å². The van der Waals surface area contributed by atoms with Gasteiger partial charge in [-0.2, -0.15) is 0 Å². The van der Waals surface area contributed by atoms with Crippen LogP contribution in [0.15, 0.2) is 34.2 Å². The molecule has 0 spiro atoms. The molecule has 3 aromatic rings. The van der Waals surface area contributed by atoms with E-state index in [0.29, 0.717) is 16.6 Å². The summed E-state index contributed by atoms with van der Waals surface area (Å²) in [6.45, 7) is 1.95. The van der Waals surface area contributed by atoms with Crippen molar-refractivity contribution in [3.05, 3.63) is 40.2 Å². The second-order valence-electron chi connectivity index (χ2n) is 4.56. The monoisotopic (exact) mass is 320 g/mol. The molecule has 1 aromatic carbocycles. The van der Waals surface area contributed by atoms with E-state index in [9.17, 15) is 0 Å². The van der Waals surface area contributed by atoms with Gasteiger partial charge in [-0.3, -0.25) is 0 Å². The SMILES string of the molecule is COc1ccc(-c2c(N)noc2-c2scc(C)c2Cl)cc1. The van der Waals surface area contributed by atoms with E-state index in [1.165, 1.54) is 11.3 Å². The number of methoxy groups -OCH3 is 1. The van der Waals surface area contributed by atoms with Crippen LogP contribution in [0.1, 0.15) is 5.56 Å². The minimum atomic E-state index is 0.345. The van der Waals surface area contributed by atoms with Crippen molar-refractivity contribution in [2.24, 2.45) is 0 Å². The number of rotatable bonds is 3. The lowest BCUT2D eigenvalue weighted by Crippen LogP contribution is -1.89. The first-order chi connectivity index (χ1) is 10.1. The molecule has 0 radical (unpaired) electrons. The first-order valence-electron chi connectivity index (χ1n) is 6.25. The molecule has 21 heavy (non-hydrogen) atoms. The average Bonchev–Trinajstić information content (AvgIpc) is 3.03. The minimum absolute atomic E-state index is 0.345. The Labute approximate surface area is 131 Å². The molecular formula is C15H13ClN2O2S. The average molecular weight is 321 g/mol. The van der Waals surface area contributed by atoms with E-state index >= 15 is 0 Å². The molecule has 108 valence electrons. The van der Waals surface area contributed by atoms with Crippen LogP contribution in [0.2, 0.25) is 5.02 Å². The lowest BCUT2D eigenvalue weighted by atomic mass is 10.0. The van der Waals surface area contributed by atoms with Gasteiger partial charge in [0.2, 0.25) is 0 Å². The van der Waals surface area contributed by atoms with Crippen LogP contribution < -0.4 is 10.5 Å². The van der Waals surface area contributed by atoms with Crippen molar-refractivity contribution in [3.8, 4) is 27.5 Å². The van der Waals surface area contributed by atoms with Crippen molar-refractivity contribution < 1.29 is 9.26 Å². The minimum Gasteiger partial charge on any atom is -0.497 e. The highest BCUT2D eigenvalue weighted by atomic mass is 35.5. The van der Waals surface area contributed by atoms with Gasteiger partial charge in [-0.15, -0.1) is 11.3 Å². The fraction of sp³-hybridized carbons (Fsp3) is 0.133. The predicted octanol–water partition coefficient (Wildman–Crippen LogP) is 4.62. The maximum absolute atomic E-state index is 6.32. The first-order valence-corrected chi connectivity index (χ1v) is 7.51. The van der Waals surface area contributed by atoms with Gasteiger partial charge in [0.05, 0.1) is 22.6 Å². The van der Waals surface area contributed by atoms with Gasteiger partial charge < -0.3 is 15.0 Å². The maximum atomic E-state index is 6.32. The quantitative estimate of drug-likeness (QED) is 0.764. The second-order valence-corrected chi connectivity index (χ2v) is 5.82. The van der Waals surface area contributed by atoms with Gasteiger partial charge in [-0.1, -0.05) is 28.9 Å². The number of benzene rings is 1. The standard InChI is InChI=1S/C15H13ClN2O2S/c1-8-7-21-14(12(8)16)13-11(15(17)18-20-13)9-3-5-10(19-2)6-4-9/h3-7H,1-2H3,(H2,17,18). The van der Waals surface area contributed by atoms with E-state index in [2.05, 4.69) is 5.16 Å². The highest BCUT2D eigenvalue weighted by Gasteiger charge is 2.21. The van der Waals surface area contributed by atoms with Crippen LogP contribution in [0.25, 0.3) is 21.8 Å². The van der Waals surface area contributed by atoms with E-state index in [0.717, 1.165) is 27.3 Å². The molecule has 0 unspecified atom stereocenters. The molecule has 0 aliphatic rings. The number of nitrogen functional groups attached to an aromatic ring is 1. The number of aromatic nitrogens is 1. The Morgan fingerprint density at radius 2 is 2.00 bits per heavy atom. The molecule has 2 aromatic heterocycles. The van der Waals surface area contributed by atoms with E-state index in [1.807, 2.05) is 36.6 Å². The third-order valence-electron chi connectivity index (χ3n) is 3.20. The van der Waals surface area contributed by atoms with Crippen LogP contribution in [0.5, 0.6) is 5.75 Å². The van der Waals surface area contributed by atoms with Gasteiger partial charge in [-0.25, -0.2) is 0 Å². The summed E-state index contributed by atoms with van der Waals surface area (Å²) in [5.74, 6) is 1.72. The Hall–Kier alpha value is -1.98. The molecular weight excluding hydrogens is 308 g/mol. The molecule has 0 amide bonds. The molecule has 0 aliphatic heterocycles. The van der Waals surface area contributed by atoms with E-state index in [-0.39, 0.29) is 0 Å². The normalized spacial score (nSPS) is 10.8. The number of aryl methyl sites for hydroxylation is 1. The molecule has 2 N–H and O–H groups in total. The summed E-state index contributed by atoms with van der Waals surface area (Å²) in [7, 11) is 1.63. The molecule has 3 rings (SSSR count). The molecule has 6 heteroatoms. The Morgan fingerprint density at radius 1 is 1.29 bits per heavy atom. The zero-order valence-corrected chi connectivity index (χ0v) is 13.1. The van der Waals surface area contributed by atoms with Crippen molar-refractivity contribution in [2.75, 3.05) is 12.8 Å². The van der Waals surface area contributed by atoms with Crippen LogP contribution in [0.4, 0.5) is 5.82 Å². The predicted molar refractivity (Wildman–Crippen MR) is 86.0 cm³/mol. The molecule has 0 saturated carbocycles. The number of hydrogen-bond donors (Lipinski definition) is 1. The maximum Gasteiger partial charge on any atom is 0.188 e. The van der Waals surface area contributed by atoms with Crippen LogP contribution in [0.3, 0.4) is 0 Å². The third kappa shape index (κ3) is 2.39. The van der Waals surface area contributed by atoms with Gasteiger partial charge >= 0.3 is 0 Å². The van der Waals surface area contributed by atoms with Crippen molar-refractivity contribution >= 4 is 28.8 Å². The molecule has 2 heterocycles. The summed E-state index contributed by atoms with van der Waals surface area (Å²) < 4.78 is 10.6. The van der Waals surface area contributed by atoms with E-state index < -0.39 is 0 Å². The van der Waals surface area contributed by atoms with Gasteiger partial charge in [0.25, 0.3) is 0 Å². The molecule has 0 saturated heterocycles. The zero-order chi connectivity index (χ0) is 15.0. The highest BCUT2D eigenvalue weighted by molar-refractivity contribution is 7.14. The summed E-state index contributed by atoms with van der Waals surface area (Å²) in [5, 5.41) is 6.53. The fourth-order valence-electron chi connectivity index (χ4n) is 2.08. The molecule has 0 atom stereocenters. The number of ether oxygens (including phenoxy) is 1. The van der Waals surface area contributed by atoms with Crippen molar-refractivity contribution in [2.45, 2.75) is 6.92 Å². The fourth-order valence-corrected chi connectivity index (χ4v) is 3.34. The van der Waals surface area contributed by atoms with Gasteiger partial charge in [0.15, 0.2) is 11.6 Å². The lowest BCUT2D eigenvalue weighted by molar-refractivity contribution is 0.415. The van der Waals surface area contributed by atoms with Crippen molar-refractivity contribution in [1.82, 2.24) is 5.16 Å². The number of nitrogens with zero attached hydrogens (tertiary/aromatic N) is 1. The summed E-state index contributed by atoms with van der Waals surface area (Å²) in [6.07, 6.45) is 0. The van der Waals surface area contributed by atoms with Gasteiger partial charge in [-0.05, 0) is 35.6 Å². The van der Waals surface area contributed by atoms with Gasteiger partial charge in [0.1, 0.15) is 5.75 Å². The third-order valence-corrected chi connectivity index (χ3v) is 4.90. The number of thiophene rings is 1. The Kier molecular flexibility index (Phi) is 3.61. The second kappa shape index (κ2) is 5.42. The van der Waals surface area contributed by atoms with Crippen LogP contribution in [0, 0.1) is 6.92 Å². The van der Waals surface area contributed by atoms with Crippen LogP contribution in [-0.4, -0.2) is 12.3 Å². The Balaban J connectivity index is 2.14. The smallest absolute Gasteiger partial charge is 0.188 e. The highest BCUT2D eigenvalue weighted by Crippen LogP contribution is 2.43. The molecule has 0 fully saturated rings. The Bertz CT molecular complexity index is 778. The molecule has 4 nitrogen and oxygen atoms in total. The van der Waals surface area contributed by atoms with Crippen LogP contribution >= 0.6 is 22.9 Å². The summed E-state index contributed by atoms with van der Waals surface area (Å²) in [5.41, 5.74) is 8.63. The first kappa shape index (κ1) is 14.0. The van der Waals surface area contributed by atoms with E-state index in [4.69, 9.17) is 26.6 Å². The zero-order valence-electron chi connectivity index (χ0n) is 11.5. The summed E-state index contributed by atoms with van der Waals surface area (Å²) in [4.78, 5) is 0.837. The summed E-state index contributed by atoms with van der Waals surface area (Å²) >= 11 is 7.83. The van der Waals surface area contributed by atoms with Crippen molar-refractivity contribution in [3.63, 3.8) is 0 Å². The van der Waals surface area contributed by atoms with Crippen molar-refractivity contribution in [1.29, 1.82) is 0 Å². The summed E-state index contributed by atoms with van der Waals surface area (Å²) in [6, 6.07) is 7.57. The largest absolute Gasteiger partial charge is 0.497 e. The number of anilines is 1. The Morgan fingerprint density at radius 3 is 2.57 bits per heavy atom. The number of nitrogens with two attached hydrogens (primary N) is 1. The van der Waals surface area contributed by atoms with Gasteiger partial charge in [0, 0.05) is 0 Å². The molecule has 0 bridgehead atoms. The number of hydrogen-bond acceptors (Lipinski definition) is 5. The number of halogens is 1. The molecule has 0 aliphatic carbocycles.